The van der Waals surface area contributed by atoms with E-state index in [1.165, 1.54) is 35.2 Å². The number of rotatable bonds is 7. The first-order valence-electron chi connectivity index (χ1n) is 8.88. The average Bonchev–Trinajstić information content (AvgIpc) is 3.02. The number of nitrogens with zero attached hydrogens (tertiary/aromatic N) is 1. The van der Waals surface area contributed by atoms with Gasteiger partial charge in [0.05, 0.1) is 17.2 Å². The van der Waals surface area contributed by atoms with Gasteiger partial charge in [-0.2, -0.15) is 0 Å². The van der Waals surface area contributed by atoms with E-state index in [9.17, 15) is 14.0 Å². The van der Waals surface area contributed by atoms with Crippen molar-refractivity contribution in [1.29, 1.82) is 0 Å². The van der Waals surface area contributed by atoms with Crippen molar-refractivity contribution in [2.75, 3.05) is 22.1 Å². The fourth-order valence-electron chi connectivity index (χ4n) is 2.64. The second-order valence-corrected chi connectivity index (χ2v) is 8.58. The summed E-state index contributed by atoms with van der Waals surface area (Å²) in [5.41, 5.74) is 3.32. The molecule has 2 amide bonds. The highest BCUT2D eigenvalue weighted by atomic mass is 32.2. The molecule has 8 heteroatoms. The first-order chi connectivity index (χ1) is 13.9. The van der Waals surface area contributed by atoms with Crippen molar-refractivity contribution in [2.45, 2.75) is 13.8 Å². The van der Waals surface area contributed by atoms with E-state index in [4.69, 9.17) is 0 Å². The summed E-state index contributed by atoms with van der Waals surface area (Å²) in [5, 5.41) is 6.05. The minimum Gasteiger partial charge on any atom is -0.325 e. The predicted octanol–water partition coefficient (Wildman–Crippen LogP) is 4.88. The third-order valence-corrected chi connectivity index (χ3v) is 5.75. The minimum absolute atomic E-state index is 0.145. The molecule has 0 aliphatic rings. The molecule has 1 aromatic heterocycles. The maximum Gasteiger partial charge on any atom is 0.236 e. The van der Waals surface area contributed by atoms with Gasteiger partial charge < -0.3 is 10.6 Å². The number of carbonyl (C=O) groups is 2. The fourth-order valence-corrected chi connectivity index (χ4v) is 4.11. The number of nitrogens with one attached hydrogen (secondary N) is 2. The van der Waals surface area contributed by atoms with Crippen molar-refractivity contribution in [2.24, 2.45) is 0 Å². The Morgan fingerprint density at radius 1 is 1.03 bits per heavy atom. The summed E-state index contributed by atoms with van der Waals surface area (Å²) in [6.45, 7) is 3.85. The monoisotopic (exact) mass is 429 g/mol. The summed E-state index contributed by atoms with van der Waals surface area (Å²) in [6.07, 6.45) is 0. The molecule has 0 spiro atoms. The Balaban J connectivity index is 1.48. The van der Waals surface area contributed by atoms with Gasteiger partial charge in [0.25, 0.3) is 0 Å². The zero-order chi connectivity index (χ0) is 20.8. The van der Waals surface area contributed by atoms with Gasteiger partial charge in [0.15, 0.2) is 5.13 Å². The normalized spacial score (nSPS) is 10.6. The Morgan fingerprint density at radius 2 is 1.72 bits per heavy atom. The summed E-state index contributed by atoms with van der Waals surface area (Å²) in [4.78, 5) is 29.5. The molecule has 0 radical (unpaired) electrons. The molecule has 150 valence electrons. The van der Waals surface area contributed by atoms with Gasteiger partial charge >= 0.3 is 0 Å². The SMILES string of the molecule is Cc1cccc(NC(=O)CSCC(=O)Nc2nc(-c3ccc(F)cc3)c(C)s2)c1. The molecule has 1 heterocycles. The third-order valence-electron chi connectivity index (χ3n) is 3.93. The molecule has 0 saturated heterocycles. The van der Waals surface area contributed by atoms with Gasteiger partial charge in [0.1, 0.15) is 5.82 Å². The van der Waals surface area contributed by atoms with Crippen LogP contribution in [0.4, 0.5) is 15.2 Å². The van der Waals surface area contributed by atoms with Gasteiger partial charge in [-0.25, -0.2) is 9.37 Å². The largest absolute Gasteiger partial charge is 0.325 e. The molecule has 5 nitrogen and oxygen atoms in total. The molecule has 2 N–H and O–H groups in total. The van der Waals surface area contributed by atoms with E-state index in [1.807, 2.05) is 38.1 Å². The van der Waals surface area contributed by atoms with Crippen LogP contribution in [0.3, 0.4) is 0 Å². The lowest BCUT2D eigenvalue weighted by atomic mass is 10.1. The molecular formula is C21H20FN3O2S2. The maximum absolute atomic E-state index is 13.1. The van der Waals surface area contributed by atoms with Crippen LogP contribution >= 0.6 is 23.1 Å². The van der Waals surface area contributed by atoms with Gasteiger partial charge in [-0.1, -0.05) is 12.1 Å². The Hall–Kier alpha value is -2.71. The lowest BCUT2D eigenvalue weighted by Gasteiger charge is -2.06. The second kappa shape index (κ2) is 9.67. The van der Waals surface area contributed by atoms with Gasteiger partial charge in [-0.05, 0) is 55.8 Å². The molecule has 2 aromatic carbocycles. The van der Waals surface area contributed by atoms with Crippen LogP contribution in [0, 0.1) is 19.7 Å². The number of anilines is 2. The van der Waals surface area contributed by atoms with Crippen molar-refractivity contribution < 1.29 is 14.0 Å². The molecule has 0 unspecified atom stereocenters. The maximum atomic E-state index is 13.1. The average molecular weight is 430 g/mol. The Kier molecular flexibility index (Phi) is 7.00. The number of aryl methyl sites for hydroxylation is 2. The molecule has 0 fully saturated rings. The molecule has 3 rings (SSSR count). The van der Waals surface area contributed by atoms with Crippen molar-refractivity contribution in [3.63, 3.8) is 0 Å². The zero-order valence-corrected chi connectivity index (χ0v) is 17.6. The van der Waals surface area contributed by atoms with Gasteiger partial charge in [0, 0.05) is 16.1 Å². The minimum atomic E-state index is -0.307. The van der Waals surface area contributed by atoms with Crippen LogP contribution in [-0.2, 0) is 9.59 Å². The first-order valence-corrected chi connectivity index (χ1v) is 10.9. The predicted molar refractivity (Wildman–Crippen MR) is 118 cm³/mol. The number of hydrogen-bond donors (Lipinski definition) is 2. The van der Waals surface area contributed by atoms with Gasteiger partial charge in [-0.3, -0.25) is 9.59 Å². The Morgan fingerprint density at radius 3 is 2.41 bits per heavy atom. The summed E-state index contributed by atoms with van der Waals surface area (Å²) in [6, 6.07) is 13.6. The van der Waals surface area contributed by atoms with Crippen molar-refractivity contribution >= 4 is 45.7 Å². The number of thiazole rings is 1. The number of carbonyl (C=O) groups excluding carboxylic acids is 2. The van der Waals surface area contributed by atoms with Gasteiger partial charge in [0.2, 0.25) is 11.8 Å². The highest BCUT2D eigenvalue weighted by Gasteiger charge is 2.13. The molecule has 0 aliphatic carbocycles. The summed E-state index contributed by atoms with van der Waals surface area (Å²) < 4.78 is 13.1. The van der Waals surface area contributed by atoms with E-state index in [0.29, 0.717) is 5.13 Å². The number of amides is 2. The topological polar surface area (TPSA) is 71.1 Å². The van der Waals surface area contributed by atoms with E-state index < -0.39 is 0 Å². The number of thioether (sulfide) groups is 1. The first kappa shape index (κ1) is 21.0. The van der Waals surface area contributed by atoms with E-state index in [-0.39, 0.29) is 29.1 Å². The van der Waals surface area contributed by atoms with Gasteiger partial charge in [-0.15, -0.1) is 23.1 Å². The van der Waals surface area contributed by atoms with Crippen LogP contribution < -0.4 is 10.6 Å². The van der Waals surface area contributed by atoms with E-state index in [0.717, 1.165) is 27.4 Å². The van der Waals surface area contributed by atoms with Crippen molar-refractivity contribution in [3.05, 3.63) is 64.8 Å². The van der Waals surface area contributed by atoms with Crippen LogP contribution in [-0.4, -0.2) is 28.3 Å². The summed E-state index contributed by atoms with van der Waals surface area (Å²) >= 11 is 2.59. The van der Waals surface area contributed by atoms with Crippen LogP contribution in [0.2, 0.25) is 0 Å². The van der Waals surface area contributed by atoms with E-state index in [1.54, 1.807) is 12.1 Å². The van der Waals surface area contributed by atoms with E-state index >= 15 is 0 Å². The molecule has 0 bridgehead atoms. The Labute approximate surface area is 176 Å². The molecule has 0 aliphatic heterocycles. The van der Waals surface area contributed by atoms with Crippen molar-refractivity contribution in [3.8, 4) is 11.3 Å². The van der Waals surface area contributed by atoms with Crippen LogP contribution in [0.5, 0.6) is 0 Å². The lowest BCUT2D eigenvalue weighted by Crippen LogP contribution is -2.18. The van der Waals surface area contributed by atoms with Crippen LogP contribution in [0.25, 0.3) is 11.3 Å². The fraction of sp³-hybridized carbons (Fsp3) is 0.190. The number of benzene rings is 2. The highest BCUT2D eigenvalue weighted by molar-refractivity contribution is 8.00. The van der Waals surface area contributed by atoms with E-state index in [2.05, 4.69) is 15.6 Å². The summed E-state index contributed by atoms with van der Waals surface area (Å²) in [7, 11) is 0. The van der Waals surface area contributed by atoms with Crippen molar-refractivity contribution in [1.82, 2.24) is 4.98 Å². The zero-order valence-electron chi connectivity index (χ0n) is 16.0. The lowest BCUT2D eigenvalue weighted by molar-refractivity contribution is -0.114. The summed E-state index contributed by atoms with van der Waals surface area (Å²) in [5.74, 6) is -0.362. The third kappa shape index (κ3) is 6.13. The molecular weight excluding hydrogens is 409 g/mol. The van der Waals surface area contributed by atoms with Crippen LogP contribution in [0.15, 0.2) is 48.5 Å². The number of aromatic nitrogens is 1. The quantitative estimate of drug-likeness (QED) is 0.562. The number of hydrogen-bond acceptors (Lipinski definition) is 5. The highest BCUT2D eigenvalue weighted by Crippen LogP contribution is 2.30. The standard InChI is InChI=1S/C21H20FN3O2S2/c1-13-4-3-5-17(10-13)23-18(26)11-28-12-19(27)24-21-25-20(14(2)29-21)15-6-8-16(22)9-7-15/h3-10H,11-12H2,1-2H3,(H,23,26)(H,24,25,27). The Bertz CT molecular complexity index is 1020. The molecule has 0 saturated carbocycles. The molecule has 3 aromatic rings. The number of halogens is 1. The second-order valence-electron chi connectivity index (χ2n) is 6.39. The molecule has 0 atom stereocenters. The molecule has 29 heavy (non-hydrogen) atoms. The smallest absolute Gasteiger partial charge is 0.236 e. The van der Waals surface area contributed by atoms with Crippen LogP contribution in [0.1, 0.15) is 10.4 Å².